The normalized spacial score (nSPS) is 18.2. The third kappa shape index (κ3) is 2.53. The fraction of sp³-hybridized carbons (Fsp3) is 0.278. The van der Waals surface area contributed by atoms with Crippen LogP contribution in [0.25, 0.3) is 5.57 Å². The molecule has 0 aromatic carbocycles. The molecule has 2 aromatic rings. The summed E-state index contributed by atoms with van der Waals surface area (Å²) in [5, 5.41) is 1.94. The number of aromatic nitrogens is 1. The van der Waals surface area contributed by atoms with Crippen LogP contribution in [0.2, 0.25) is 0 Å². The number of rotatable bonds is 4. The first-order valence-corrected chi connectivity index (χ1v) is 8.92. The molecule has 0 aliphatic carbocycles. The number of carbonyl (C=O) groups is 2. The molecule has 4 rings (SSSR count). The Kier molecular flexibility index (Phi) is 3.90. The molecule has 2 amide bonds. The number of imide groups is 1. The Balaban J connectivity index is 1.72. The van der Waals surface area contributed by atoms with E-state index in [2.05, 4.69) is 9.88 Å². The van der Waals surface area contributed by atoms with E-state index < -0.39 is 0 Å². The van der Waals surface area contributed by atoms with Gasteiger partial charge < -0.3 is 4.90 Å². The third-order valence-electron chi connectivity index (χ3n) is 4.40. The summed E-state index contributed by atoms with van der Waals surface area (Å²) in [4.78, 5) is 34.3. The number of hydrogen-bond donors (Lipinski definition) is 0. The minimum absolute atomic E-state index is 0.186. The topological polar surface area (TPSA) is 53.5 Å². The van der Waals surface area contributed by atoms with Crippen molar-refractivity contribution in [2.24, 2.45) is 0 Å². The molecule has 4 heterocycles. The number of hydrogen-bond acceptors (Lipinski definition) is 5. The Morgan fingerprint density at radius 2 is 1.92 bits per heavy atom. The third-order valence-corrected chi connectivity index (χ3v) is 5.28. The van der Waals surface area contributed by atoms with Crippen LogP contribution in [-0.4, -0.2) is 39.7 Å². The summed E-state index contributed by atoms with van der Waals surface area (Å²) in [7, 11) is 0. The van der Waals surface area contributed by atoms with Gasteiger partial charge in [-0.15, -0.1) is 11.3 Å². The van der Waals surface area contributed by atoms with Gasteiger partial charge in [-0.1, -0.05) is 12.1 Å². The zero-order valence-electron chi connectivity index (χ0n) is 13.1. The van der Waals surface area contributed by atoms with E-state index in [0.29, 0.717) is 11.3 Å². The van der Waals surface area contributed by atoms with Gasteiger partial charge in [0.2, 0.25) is 0 Å². The van der Waals surface area contributed by atoms with Crippen LogP contribution in [-0.2, 0) is 16.1 Å². The van der Waals surface area contributed by atoms with Crippen molar-refractivity contribution >= 4 is 28.7 Å². The second kappa shape index (κ2) is 6.20. The van der Waals surface area contributed by atoms with E-state index in [0.717, 1.165) is 36.4 Å². The summed E-state index contributed by atoms with van der Waals surface area (Å²) in [6.07, 6.45) is 5.50. The average molecular weight is 339 g/mol. The Morgan fingerprint density at radius 3 is 2.58 bits per heavy atom. The lowest BCUT2D eigenvalue weighted by Crippen LogP contribution is -2.34. The second-order valence-corrected chi connectivity index (χ2v) is 6.90. The van der Waals surface area contributed by atoms with Crippen LogP contribution in [0, 0.1) is 0 Å². The fourth-order valence-electron chi connectivity index (χ4n) is 3.26. The van der Waals surface area contributed by atoms with Crippen molar-refractivity contribution in [2.75, 3.05) is 13.1 Å². The van der Waals surface area contributed by atoms with E-state index in [1.807, 2.05) is 29.6 Å². The highest BCUT2D eigenvalue weighted by Gasteiger charge is 2.42. The van der Waals surface area contributed by atoms with Gasteiger partial charge in [-0.3, -0.25) is 19.5 Å². The maximum Gasteiger partial charge on any atom is 0.278 e. The molecule has 1 saturated heterocycles. The molecule has 0 unspecified atom stereocenters. The number of thiophene rings is 1. The van der Waals surface area contributed by atoms with E-state index in [4.69, 9.17) is 0 Å². The lowest BCUT2D eigenvalue weighted by atomic mass is 10.2. The quantitative estimate of drug-likeness (QED) is 0.803. The highest BCUT2D eigenvalue weighted by atomic mass is 32.1. The molecule has 0 N–H and O–H groups in total. The van der Waals surface area contributed by atoms with Crippen molar-refractivity contribution < 1.29 is 9.59 Å². The largest absolute Gasteiger partial charge is 0.366 e. The van der Waals surface area contributed by atoms with Crippen LogP contribution in [0.5, 0.6) is 0 Å². The second-order valence-electron chi connectivity index (χ2n) is 5.95. The van der Waals surface area contributed by atoms with Crippen molar-refractivity contribution in [3.05, 3.63) is 58.2 Å². The molecule has 1 fully saturated rings. The lowest BCUT2D eigenvalue weighted by molar-refractivity contribution is -0.138. The summed E-state index contributed by atoms with van der Waals surface area (Å²) >= 11 is 1.50. The van der Waals surface area contributed by atoms with Gasteiger partial charge in [-0.05, 0) is 35.9 Å². The molecule has 0 radical (unpaired) electrons. The number of carbonyl (C=O) groups excluding carboxylic acids is 2. The van der Waals surface area contributed by atoms with Crippen molar-refractivity contribution in [2.45, 2.75) is 19.4 Å². The van der Waals surface area contributed by atoms with Gasteiger partial charge in [-0.25, -0.2) is 0 Å². The molecule has 0 atom stereocenters. The SMILES string of the molecule is O=C1C(c2cccs2)=C(N2CCCC2)C(=O)N1Cc1cccnc1. The Labute approximate surface area is 144 Å². The molecular formula is C18H17N3O2S. The number of pyridine rings is 1. The standard InChI is InChI=1S/C18H17N3O2S/c22-17-15(14-6-4-10-24-14)16(20-8-1-2-9-20)18(23)21(17)12-13-5-3-7-19-11-13/h3-7,10-11H,1-2,8-9,12H2. The van der Waals surface area contributed by atoms with Crippen molar-refractivity contribution in [3.63, 3.8) is 0 Å². The number of nitrogens with zero attached hydrogens (tertiary/aromatic N) is 3. The lowest BCUT2D eigenvalue weighted by Gasteiger charge is -2.20. The molecule has 0 bridgehead atoms. The van der Waals surface area contributed by atoms with Crippen LogP contribution >= 0.6 is 11.3 Å². The summed E-state index contributed by atoms with van der Waals surface area (Å²) in [5.74, 6) is -0.387. The molecule has 0 spiro atoms. The van der Waals surface area contributed by atoms with Gasteiger partial charge in [0.1, 0.15) is 5.70 Å². The molecular weight excluding hydrogens is 322 g/mol. The van der Waals surface area contributed by atoms with E-state index in [9.17, 15) is 9.59 Å². The number of likely N-dealkylation sites (tertiary alicyclic amines) is 1. The van der Waals surface area contributed by atoms with Crippen LogP contribution in [0.15, 0.2) is 47.7 Å². The van der Waals surface area contributed by atoms with Crippen LogP contribution in [0.3, 0.4) is 0 Å². The molecule has 2 aliphatic heterocycles. The highest BCUT2D eigenvalue weighted by molar-refractivity contribution is 7.11. The van der Waals surface area contributed by atoms with Gasteiger partial charge in [0.05, 0.1) is 12.1 Å². The van der Waals surface area contributed by atoms with Crippen LogP contribution < -0.4 is 0 Å². The van der Waals surface area contributed by atoms with Crippen molar-refractivity contribution in [1.29, 1.82) is 0 Å². The van der Waals surface area contributed by atoms with E-state index in [-0.39, 0.29) is 18.4 Å². The maximum absolute atomic E-state index is 13.0. The van der Waals surface area contributed by atoms with Gasteiger partial charge in [-0.2, -0.15) is 0 Å². The van der Waals surface area contributed by atoms with Gasteiger partial charge in [0.15, 0.2) is 0 Å². The maximum atomic E-state index is 13.0. The Morgan fingerprint density at radius 1 is 1.08 bits per heavy atom. The van der Waals surface area contributed by atoms with E-state index in [1.54, 1.807) is 12.4 Å². The first kappa shape index (κ1) is 15.1. The monoisotopic (exact) mass is 339 g/mol. The van der Waals surface area contributed by atoms with Crippen molar-refractivity contribution in [1.82, 2.24) is 14.8 Å². The minimum atomic E-state index is -0.201. The predicted molar refractivity (Wildman–Crippen MR) is 91.8 cm³/mol. The molecule has 122 valence electrons. The predicted octanol–water partition coefficient (Wildman–Crippen LogP) is 2.52. The van der Waals surface area contributed by atoms with Gasteiger partial charge in [0, 0.05) is 30.4 Å². The summed E-state index contributed by atoms with van der Waals surface area (Å²) in [6.45, 7) is 1.94. The summed E-state index contributed by atoms with van der Waals surface area (Å²) < 4.78 is 0. The number of amides is 2. The average Bonchev–Trinajstić information content (AvgIpc) is 3.33. The van der Waals surface area contributed by atoms with E-state index in [1.165, 1.54) is 16.2 Å². The summed E-state index contributed by atoms with van der Waals surface area (Å²) in [5.41, 5.74) is 1.98. The Bertz CT molecular complexity index is 793. The first-order chi connectivity index (χ1) is 11.8. The van der Waals surface area contributed by atoms with E-state index >= 15 is 0 Å². The molecule has 24 heavy (non-hydrogen) atoms. The molecule has 2 aliphatic rings. The molecule has 6 heteroatoms. The minimum Gasteiger partial charge on any atom is -0.366 e. The molecule has 5 nitrogen and oxygen atoms in total. The Hall–Kier alpha value is -2.47. The van der Waals surface area contributed by atoms with Crippen LogP contribution in [0.1, 0.15) is 23.3 Å². The zero-order chi connectivity index (χ0) is 16.5. The molecule has 2 aromatic heterocycles. The highest BCUT2D eigenvalue weighted by Crippen LogP contribution is 2.35. The smallest absolute Gasteiger partial charge is 0.278 e. The van der Waals surface area contributed by atoms with Crippen molar-refractivity contribution in [3.8, 4) is 0 Å². The first-order valence-electron chi connectivity index (χ1n) is 8.04. The van der Waals surface area contributed by atoms with Gasteiger partial charge in [0.25, 0.3) is 11.8 Å². The van der Waals surface area contributed by atoms with Crippen LogP contribution in [0.4, 0.5) is 0 Å². The summed E-state index contributed by atoms with van der Waals surface area (Å²) in [6, 6.07) is 7.52. The zero-order valence-corrected chi connectivity index (χ0v) is 14.0. The van der Waals surface area contributed by atoms with Gasteiger partial charge >= 0.3 is 0 Å². The molecule has 0 saturated carbocycles. The fourth-order valence-corrected chi connectivity index (χ4v) is 4.02.